The van der Waals surface area contributed by atoms with Crippen molar-refractivity contribution in [3.63, 3.8) is 0 Å². The van der Waals surface area contributed by atoms with E-state index in [1.54, 1.807) is 0 Å². The molecule has 1 rings (SSSR count). The van der Waals surface area contributed by atoms with Gasteiger partial charge in [0.1, 0.15) is 0 Å². The van der Waals surface area contributed by atoms with E-state index < -0.39 is 19.3 Å². The molecule has 1 saturated heterocycles. The number of primary amides is 1. The van der Waals surface area contributed by atoms with Gasteiger partial charge in [-0.3, -0.25) is 4.79 Å². The van der Waals surface area contributed by atoms with Crippen LogP contribution in [0.4, 0.5) is 0 Å². The van der Waals surface area contributed by atoms with Gasteiger partial charge in [0.05, 0.1) is 17.1 Å². The van der Waals surface area contributed by atoms with Crippen molar-refractivity contribution in [2.75, 3.05) is 6.61 Å². The fraction of sp³-hybridized carbons (Fsp3) is 0.947. The Morgan fingerprint density at radius 1 is 1.28 bits per heavy atom. The monoisotopic (exact) mass is 387 g/mol. The van der Waals surface area contributed by atoms with Gasteiger partial charge in [-0.15, -0.1) is 0 Å². The van der Waals surface area contributed by atoms with Gasteiger partial charge in [0.25, 0.3) is 0 Å². The van der Waals surface area contributed by atoms with Crippen LogP contribution in [0.3, 0.4) is 0 Å². The normalized spacial score (nSPS) is 33.3. The fourth-order valence-corrected chi connectivity index (χ4v) is 12.7. The molecule has 0 aliphatic carbocycles. The maximum atomic E-state index is 13.0. The summed E-state index contributed by atoms with van der Waals surface area (Å²) < 4.78 is 13.2. The molecule has 1 aliphatic heterocycles. The predicted molar refractivity (Wildman–Crippen MR) is 112 cm³/mol. The second-order valence-corrected chi connectivity index (χ2v) is 13.9. The lowest BCUT2D eigenvalue weighted by atomic mass is 9.61. The highest BCUT2D eigenvalue weighted by Crippen LogP contribution is 2.59. The number of amides is 1. The minimum absolute atomic E-state index is 0.0633. The van der Waals surface area contributed by atoms with Crippen molar-refractivity contribution >= 4 is 24.5 Å². The number of carbonyl (C=O) groups excluding carboxylic acids is 1. The van der Waals surface area contributed by atoms with E-state index in [1.807, 2.05) is 6.92 Å². The Labute approximate surface area is 159 Å². The summed E-state index contributed by atoms with van der Waals surface area (Å²) in [6.45, 7) is 13.8. The first-order valence-electron chi connectivity index (χ1n) is 10.3. The van der Waals surface area contributed by atoms with Crippen LogP contribution in [0.2, 0.25) is 24.7 Å². The third kappa shape index (κ3) is 4.22. The topological polar surface area (TPSA) is 61.6 Å². The molecule has 4 atom stereocenters. The largest absolute Gasteiger partial charge is 0.408 e. The minimum Gasteiger partial charge on any atom is -0.408 e. The van der Waals surface area contributed by atoms with Gasteiger partial charge in [-0.05, 0) is 50.9 Å². The van der Waals surface area contributed by atoms with Gasteiger partial charge < -0.3 is 14.9 Å². The molecule has 1 amide bonds. The summed E-state index contributed by atoms with van der Waals surface area (Å²) in [4.78, 5) is 13.0. The van der Waals surface area contributed by atoms with Crippen LogP contribution in [0.15, 0.2) is 0 Å². The predicted octanol–water partition coefficient (Wildman–Crippen LogP) is 3.39. The number of hydrogen-bond donors (Lipinski definition) is 1. The standard InChI is InChI=1S/C19H41NO3Si2/c1-7-11-13-19(15(9-3)22-10-4)18(12-8-2,17(20)21)16(24)14-25(5,6)23-19/h15-16H,7-14H2,1-6,24H3,(H2,20,21). The first-order chi connectivity index (χ1) is 11.7. The number of nitrogens with two attached hydrogens (primary N) is 1. The van der Waals surface area contributed by atoms with Gasteiger partial charge >= 0.3 is 0 Å². The van der Waals surface area contributed by atoms with Crippen molar-refractivity contribution in [3.8, 4) is 0 Å². The zero-order chi connectivity index (χ0) is 19.3. The number of hydrogen-bond acceptors (Lipinski definition) is 3. The Hall–Kier alpha value is -0.176. The molecule has 4 unspecified atom stereocenters. The van der Waals surface area contributed by atoms with Gasteiger partial charge in [-0.1, -0.05) is 40.0 Å². The SMILES string of the molecule is CCCCC1(C(CC)OCC)O[Si](C)(C)CC([SiH3])C1(CCC)C(N)=O. The lowest BCUT2D eigenvalue weighted by molar-refractivity contribution is -0.191. The Kier molecular flexibility index (Phi) is 8.37. The summed E-state index contributed by atoms with van der Waals surface area (Å²) >= 11 is 0. The number of carbonyl (C=O) groups is 1. The van der Waals surface area contributed by atoms with E-state index in [-0.39, 0.29) is 12.0 Å². The molecule has 148 valence electrons. The van der Waals surface area contributed by atoms with E-state index in [9.17, 15) is 4.79 Å². The molecule has 6 heteroatoms. The molecule has 0 aromatic rings. The smallest absolute Gasteiger partial charge is 0.226 e. The second kappa shape index (κ2) is 9.15. The maximum absolute atomic E-state index is 13.0. The van der Waals surface area contributed by atoms with Gasteiger partial charge in [0.15, 0.2) is 8.32 Å². The van der Waals surface area contributed by atoms with Gasteiger partial charge in [0.2, 0.25) is 5.91 Å². The zero-order valence-electron chi connectivity index (χ0n) is 17.6. The van der Waals surface area contributed by atoms with Crippen LogP contribution in [-0.4, -0.2) is 42.8 Å². The summed E-state index contributed by atoms with van der Waals surface area (Å²) in [5.74, 6) is -0.159. The highest BCUT2D eigenvalue weighted by atomic mass is 28.4. The van der Waals surface area contributed by atoms with Gasteiger partial charge in [-0.2, -0.15) is 0 Å². The number of rotatable bonds is 10. The van der Waals surface area contributed by atoms with E-state index in [0.29, 0.717) is 12.1 Å². The van der Waals surface area contributed by atoms with Crippen LogP contribution in [-0.2, 0) is 14.0 Å². The third-order valence-electron chi connectivity index (χ3n) is 6.10. The second-order valence-electron chi connectivity index (χ2n) is 8.40. The van der Waals surface area contributed by atoms with E-state index in [0.717, 1.165) is 54.8 Å². The van der Waals surface area contributed by atoms with Crippen LogP contribution < -0.4 is 5.73 Å². The molecule has 0 spiro atoms. The molecule has 1 aliphatic rings. The first-order valence-corrected chi connectivity index (χ1v) is 14.6. The quantitative estimate of drug-likeness (QED) is 0.584. The maximum Gasteiger partial charge on any atom is 0.226 e. The van der Waals surface area contributed by atoms with Crippen LogP contribution >= 0.6 is 0 Å². The highest BCUT2D eigenvalue weighted by molar-refractivity contribution is 6.72. The number of ether oxygens (including phenoxy) is 1. The molecule has 25 heavy (non-hydrogen) atoms. The third-order valence-corrected chi connectivity index (χ3v) is 10.8. The van der Waals surface area contributed by atoms with Gasteiger partial charge in [-0.25, -0.2) is 0 Å². The summed E-state index contributed by atoms with van der Waals surface area (Å²) in [6.07, 6.45) is 5.56. The molecule has 2 N–H and O–H groups in total. The lowest BCUT2D eigenvalue weighted by Gasteiger charge is -2.61. The molecule has 0 bridgehead atoms. The molecule has 1 heterocycles. The van der Waals surface area contributed by atoms with Crippen molar-refractivity contribution in [2.24, 2.45) is 11.1 Å². The Morgan fingerprint density at radius 3 is 2.36 bits per heavy atom. The van der Waals surface area contributed by atoms with Crippen molar-refractivity contribution in [1.82, 2.24) is 0 Å². The Bertz CT molecular complexity index is 446. The molecule has 1 fully saturated rings. The molecular formula is C19H41NO3Si2. The van der Waals surface area contributed by atoms with Crippen LogP contribution in [0.25, 0.3) is 0 Å². The van der Waals surface area contributed by atoms with Gasteiger partial charge in [0, 0.05) is 16.8 Å². The highest BCUT2D eigenvalue weighted by Gasteiger charge is 2.66. The lowest BCUT2D eigenvalue weighted by Crippen LogP contribution is -2.71. The van der Waals surface area contributed by atoms with E-state index in [1.165, 1.54) is 0 Å². The van der Waals surface area contributed by atoms with Crippen LogP contribution in [0, 0.1) is 5.41 Å². The Morgan fingerprint density at radius 2 is 1.92 bits per heavy atom. The summed E-state index contributed by atoms with van der Waals surface area (Å²) in [7, 11) is -0.892. The average molecular weight is 388 g/mol. The Balaban J connectivity index is 3.65. The average Bonchev–Trinajstić information content (AvgIpc) is 2.52. The summed E-state index contributed by atoms with van der Waals surface area (Å²) in [5.41, 5.74) is 5.39. The molecular weight excluding hydrogens is 346 g/mol. The van der Waals surface area contributed by atoms with Crippen molar-refractivity contribution in [1.29, 1.82) is 0 Å². The molecule has 0 saturated carbocycles. The summed E-state index contributed by atoms with van der Waals surface area (Å²) in [5, 5.41) is 0. The number of unbranched alkanes of at least 4 members (excludes halogenated alkanes) is 1. The van der Waals surface area contributed by atoms with E-state index in [4.69, 9.17) is 14.9 Å². The summed E-state index contributed by atoms with van der Waals surface area (Å²) in [6, 6.07) is 1.04. The van der Waals surface area contributed by atoms with Crippen LogP contribution in [0.5, 0.6) is 0 Å². The minimum atomic E-state index is -1.86. The molecule has 0 aromatic heterocycles. The van der Waals surface area contributed by atoms with Crippen molar-refractivity contribution < 1.29 is 14.0 Å². The van der Waals surface area contributed by atoms with Crippen LogP contribution in [0.1, 0.15) is 66.2 Å². The fourth-order valence-electron chi connectivity index (χ4n) is 5.39. The molecule has 4 nitrogen and oxygen atoms in total. The molecule has 0 aromatic carbocycles. The van der Waals surface area contributed by atoms with Crippen molar-refractivity contribution in [2.45, 2.75) is 103 Å². The van der Waals surface area contributed by atoms with E-state index in [2.05, 4.69) is 33.9 Å². The molecule has 0 radical (unpaired) electrons. The zero-order valence-corrected chi connectivity index (χ0v) is 20.6. The first kappa shape index (κ1) is 22.9. The van der Waals surface area contributed by atoms with E-state index >= 15 is 0 Å². The van der Waals surface area contributed by atoms with Crippen molar-refractivity contribution in [3.05, 3.63) is 0 Å².